The molecule has 0 aliphatic carbocycles. The molecule has 3 N–H and O–H groups in total. The van der Waals surface area contributed by atoms with Gasteiger partial charge in [-0.15, -0.1) is 11.3 Å². The second kappa shape index (κ2) is 8.71. The third-order valence-corrected chi connectivity index (χ3v) is 5.54. The molecule has 0 spiro atoms. The highest BCUT2D eigenvalue weighted by atomic mass is 32.1. The Morgan fingerprint density at radius 3 is 2.76 bits per heavy atom. The third kappa shape index (κ3) is 4.98. The van der Waals surface area contributed by atoms with Crippen LogP contribution in [0.3, 0.4) is 0 Å². The van der Waals surface area contributed by atoms with Gasteiger partial charge in [-0.1, -0.05) is 12.1 Å². The molecule has 0 saturated carbocycles. The van der Waals surface area contributed by atoms with Gasteiger partial charge < -0.3 is 20.3 Å². The molecule has 3 rings (SSSR count). The van der Waals surface area contributed by atoms with Gasteiger partial charge in [-0.05, 0) is 48.8 Å². The Balaban J connectivity index is 1.67. The Bertz CT molecular complexity index is 689. The summed E-state index contributed by atoms with van der Waals surface area (Å²) in [6.07, 6.45) is 0. The van der Waals surface area contributed by atoms with Crippen LogP contribution in [0.15, 0.2) is 41.8 Å². The molecule has 0 bridgehead atoms. The number of ether oxygens (including phenoxy) is 1. The van der Waals surface area contributed by atoms with Crippen LogP contribution in [-0.2, 0) is 4.74 Å². The summed E-state index contributed by atoms with van der Waals surface area (Å²) < 4.78 is 18.8. The van der Waals surface area contributed by atoms with Crippen molar-refractivity contribution < 1.29 is 14.0 Å². The van der Waals surface area contributed by atoms with Crippen LogP contribution in [-0.4, -0.2) is 37.5 Å². The molecular formula is C18H23FN3OS2+. The van der Waals surface area contributed by atoms with Crippen LogP contribution in [0.25, 0.3) is 0 Å². The zero-order valence-corrected chi connectivity index (χ0v) is 15.8. The molecule has 1 aromatic carbocycles. The lowest BCUT2D eigenvalue weighted by atomic mass is 10.1. The molecule has 2 atom stereocenters. The highest BCUT2D eigenvalue weighted by molar-refractivity contribution is 7.80. The summed E-state index contributed by atoms with van der Waals surface area (Å²) in [4.78, 5) is 2.84. The van der Waals surface area contributed by atoms with E-state index in [2.05, 4.69) is 35.1 Å². The Morgan fingerprint density at radius 1 is 1.28 bits per heavy atom. The molecule has 2 heterocycles. The predicted molar refractivity (Wildman–Crippen MR) is 104 cm³/mol. The maximum Gasteiger partial charge on any atom is 0.171 e. The maximum atomic E-state index is 13.3. The summed E-state index contributed by atoms with van der Waals surface area (Å²) in [5, 5.41) is 9.06. The van der Waals surface area contributed by atoms with Crippen molar-refractivity contribution in [1.82, 2.24) is 5.32 Å². The minimum absolute atomic E-state index is 0.139. The van der Waals surface area contributed by atoms with E-state index in [1.54, 1.807) is 23.5 Å². The largest absolute Gasteiger partial charge is 0.370 e. The number of thiophene rings is 1. The number of anilines is 1. The predicted octanol–water partition coefficient (Wildman–Crippen LogP) is 2.22. The van der Waals surface area contributed by atoms with Crippen molar-refractivity contribution in [2.75, 3.05) is 31.6 Å². The molecule has 25 heavy (non-hydrogen) atoms. The van der Waals surface area contributed by atoms with Gasteiger partial charge in [-0.2, -0.15) is 0 Å². The zero-order chi connectivity index (χ0) is 17.6. The van der Waals surface area contributed by atoms with Crippen molar-refractivity contribution >= 4 is 34.4 Å². The molecule has 0 radical (unpaired) electrons. The van der Waals surface area contributed by atoms with E-state index in [4.69, 9.17) is 17.0 Å². The number of rotatable bonds is 5. The highest BCUT2D eigenvalue weighted by Gasteiger charge is 2.32. The summed E-state index contributed by atoms with van der Waals surface area (Å²) >= 11 is 7.20. The van der Waals surface area contributed by atoms with Gasteiger partial charge in [0.15, 0.2) is 5.11 Å². The first-order chi connectivity index (χ1) is 12.1. The van der Waals surface area contributed by atoms with Crippen LogP contribution in [0.4, 0.5) is 10.1 Å². The van der Waals surface area contributed by atoms with E-state index in [1.165, 1.54) is 21.9 Å². The summed E-state index contributed by atoms with van der Waals surface area (Å²) in [5.74, 6) is -0.282. The van der Waals surface area contributed by atoms with Gasteiger partial charge in [0.05, 0.1) is 24.1 Å². The maximum absolute atomic E-state index is 13.3. The smallest absolute Gasteiger partial charge is 0.171 e. The second-order valence-corrected chi connectivity index (χ2v) is 7.55. The number of halogens is 1. The molecule has 4 nitrogen and oxygen atoms in total. The molecule has 1 aromatic heterocycles. The van der Waals surface area contributed by atoms with Crippen molar-refractivity contribution in [3.8, 4) is 0 Å². The molecular weight excluding hydrogens is 357 g/mol. The lowest BCUT2D eigenvalue weighted by Crippen LogP contribution is -3.15. The monoisotopic (exact) mass is 380 g/mol. The van der Waals surface area contributed by atoms with Gasteiger partial charge in [-0.25, -0.2) is 4.39 Å². The molecule has 1 aliphatic rings. The molecule has 1 fully saturated rings. The van der Waals surface area contributed by atoms with Gasteiger partial charge in [-0.3, -0.25) is 0 Å². The van der Waals surface area contributed by atoms with E-state index in [9.17, 15) is 4.39 Å². The standard InChI is InChI=1S/C18H22FN3OS2/c1-13(20-18(24)21-15-5-2-4-14(19)12-15)17(16-6-3-11-25-16)22-7-9-23-10-8-22/h2-6,11-13,17H,7-10H2,1H3,(H2,20,21,24)/p+1/t13-,17+/m1/s1. The quantitative estimate of drug-likeness (QED) is 0.696. The number of nitrogens with one attached hydrogen (secondary N) is 3. The number of quaternary nitrogens is 1. The molecule has 0 unspecified atom stereocenters. The average molecular weight is 381 g/mol. The van der Waals surface area contributed by atoms with E-state index >= 15 is 0 Å². The van der Waals surface area contributed by atoms with Crippen LogP contribution in [0.2, 0.25) is 0 Å². The highest BCUT2D eigenvalue weighted by Crippen LogP contribution is 2.20. The molecule has 134 valence electrons. The lowest BCUT2D eigenvalue weighted by Gasteiger charge is -2.35. The van der Waals surface area contributed by atoms with Gasteiger partial charge >= 0.3 is 0 Å². The zero-order valence-electron chi connectivity index (χ0n) is 14.1. The van der Waals surface area contributed by atoms with Crippen LogP contribution in [0.5, 0.6) is 0 Å². The second-order valence-electron chi connectivity index (χ2n) is 6.16. The molecule has 1 saturated heterocycles. The third-order valence-electron chi connectivity index (χ3n) is 4.37. The average Bonchev–Trinajstić information content (AvgIpc) is 3.10. The van der Waals surface area contributed by atoms with Gasteiger partial charge in [0.1, 0.15) is 24.9 Å². The topological polar surface area (TPSA) is 37.7 Å². The normalized spacial score (nSPS) is 17.7. The summed E-state index contributed by atoms with van der Waals surface area (Å²) in [6, 6.07) is 11.0. The van der Waals surface area contributed by atoms with E-state index in [0.717, 1.165) is 26.3 Å². The molecule has 0 amide bonds. The number of hydrogen-bond acceptors (Lipinski definition) is 3. The van der Waals surface area contributed by atoms with Crippen LogP contribution in [0.1, 0.15) is 17.8 Å². The number of thiocarbonyl (C=S) groups is 1. The first kappa shape index (κ1) is 18.3. The summed E-state index contributed by atoms with van der Waals surface area (Å²) in [5.41, 5.74) is 0.649. The minimum atomic E-state index is -0.282. The van der Waals surface area contributed by atoms with Crippen LogP contribution >= 0.6 is 23.6 Å². The van der Waals surface area contributed by atoms with Crippen LogP contribution < -0.4 is 15.5 Å². The SMILES string of the molecule is C[C@@H](NC(=S)Nc1cccc(F)c1)[C@@H](c1cccs1)[NH+]1CCOCC1. The first-order valence-electron chi connectivity index (χ1n) is 8.42. The van der Waals surface area contributed by atoms with Crippen molar-refractivity contribution in [3.05, 3.63) is 52.5 Å². The molecule has 2 aromatic rings. The first-order valence-corrected chi connectivity index (χ1v) is 9.71. The van der Waals surface area contributed by atoms with E-state index in [-0.39, 0.29) is 11.9 Å². The van der Waals surface area contributed by atoms with Crippen molar-refractivity contribution in [3.63, 3.8) is 0 Å². The van der Waals surface area contributed by atoms with E-state index in [0.29, 0.717) is 16.8 Å². The lowest BCUT2D eigenvalue weighted by molar-refractivity contribution is -0.939. The van der Waals surface area contributed by atoms with E-state index < -0.39 is 0 Å². The van der Waals surface area contributed by atoms with Crippen molar-refractivity contribution in [1.29, 1.82) is 0 Å². The number of morpholine rings is 1. The van der Waals surface area contributed by atoms with Crippen molar-refractivity contribution in [2.45, 2.75) is 19.0 Å². The Hall–Kier alpha value is -1.54. The number of benzene rings is 1. The van der Waals surface area contributed by atoms with E-state index in [1.807, 2.05) is 0 Å². The van der Waals surface area contributed by atoms with Gasteiger partial charge in [0, 0.05) is 5.69 Å². The fourth-order valence-corrected chi connectivity index (χ4v) is 4.53. The Kier molecular flexibility index (Phi) is 6.36. The Labute approximate surface area is 157 Å². The fourth-order valence-electron chi connectivity index (χ4n) is 3.24. The van der Waals surface area contributed by atoms with Crippen LogP contribution in [0, 0.1) is 5.82 Å². The summed E-state index contributed by atoms with van der Waals surface area (Å²) in [6.45, 7) is 5.69. The van der Waals surface area contributed by atoms with Gasteiger partial charge in [0.25, 0.3) is 0 Å². The number of hydrogen-bond donors (Lipinski definition) is 3. The molecule has 7 heteroatoms. The fraction of sp³-hybridized carbons (Fsp3) is 0.389. The minimum Gasteiger partial charge on any atom is -0.370 e. The van der Waals surface area contributed by atoms with Crippen molar-refractivity contribution in [2.24, 2.45) is 0 Å². The van der Waals surface area contributed by atoms with Gasteiger partial charge in [0.2, 0.25) is 0 Å². The Morgan fingerprint density at radius 2 is 2.08 bits per heavy atom. The molecule has 1 aliphatic heterocycles. The summed E-state index contributed by atoms with van der Waals surface area (Å²) in [7, 11) is 0.